The molecule has 0 rings (SSSR count). The Labute approximate surface area is 167 Å². The van der Waals surface area contributed by atoms with Crippen LogP contribution >= 0.6 is 0 Å². The van der Waals surface area contributed by atoms with Crippen molar-refractivity contribution < 1.29 is 39.3 Å². The van der Waals surface area contributed by atoms with Gasteiger partial charge in [0.1, 0.15) is 24.2 Å². The van der Waals surface area contributed by atoms with Crippen LogP contribution in [0.5, 0.6) is 0 Å². The number of hydrogen-bond donors (Lipinski definition) is 8. The Hall–Kier alpha value is -2.77. The summed E-state index contributed by atoms with van der Waals surface area (Å²) in [6.45, 7) is 3.56. The van der Waals surface area contributed by atoms with Gasteiger partial charge in [-0.3, -0.25) is 19.2 Å². The summed E-state index contributed by atoms with van der Waals surface area (Å²) >= 11 is 0. The topological polar surface area (TPSA) is 234 Å². The molecule has 29 heavy (non-hydrogen) atoms. The molecule has 0 aromatic rings. The van der Waals surface area contributed by atoms with Gasteiger partial charge in [-0.2, -0.15) is 0 Å². The van der Waals surface area contributed by atoms with E-state index in [1.165, 1.54) is 6.92 Å². The van der Waals surface area contributed by atoms with Gasteiger partial charge in [0, 0.05) is 0 Å². The molecule has 0 aromatic heterocycles. The summed E-state index contributed by atoms with van der Waals surface area (Å²) in [7, 11) is 0. The van der Waals surface area contributed by atoms with Gasteiger partial charge in [0.2, 0.25) is 23.6 Å². The molecule has 0 spiro atoms. The highest BCUT2D eigenvalue weighted by atomic mass is 16.4. The van der Waals surface area contributed by atoms with Gasteiger partial charge in [0.15, 0.2) is 0 Å². The van der Waals surface area contributed by atoms with Crippen LogP contribution in [0.3, 0.4) is 0 Å². The number of carboxylic acid groups (broad SMARTS) is 1. The number of carbonyl (C=O) groups is 5. The van der Waals surface area contributed by atoms with E-state index < -0.39 is 78.8 Å². The number of nitrogens with one attached hydrogen (secondary N) is 3. The van der Waals surface area contributed by atoms with E-state index in [0.29, 0.717) is 0 Å². The first-order chi connectivity index (χ1) is 13.3. The fourth-order valence-corrected chi connectivity index (χ4v) is 2.19. The third-order valence-electron chi connectivity index (χ3n) is 3.86. The summed E-state index contributed by atoms with van der Waals surface area (Å²) in [6.07, 6.45) is -2.08. The minimum atomic E-state index is -1.57. The van der Waals surface area contributed by atoms with E-state index in [4.69, 9.17) is 21.7 Å². The molecule has 5 atom stereocenters. The van der Waals surface area contributed by atoms with Crippen LogP contribution in [-0.2, 0) is 24.0 Å². The van der Waals surface area contributed by atoms with Gasteiger partial charge >= 0.3 is 5.97 Å². The molecule has 166 valence electrons. The monoisotopic (exact) mass is 419 g/mol. The van der Waals surface area contributed by atoms with Crippen molar-refractivity contribution in [2.24, 2.45) is 17.4 Å². The van der Waals surface area contributed by atoms with E-state index in [1.54, 1.807) is 13.8 Å². The molecule has 0 aromatic carbocycles. The van der Waals surface area contributed by atoms with E-state index in [-0.39, 0.29) is 0 Å². The van der Waals surface area contributed by atoms with E-state index in [0.717, 1.165) is 0 Å². The third kappa shape index (κ3) is 8.85. The van der Waals surface area contributed by atoms with Crippen molar-refractivity contribution in [2.75, 3.05) is 6.61 Å². The average molecular weight is 419 g/mol. The summed E-state index contributed by atoms with van der Waals surface area (Å²) in [5, 5.41) is 34.3. The maximum Gasteiger partial charge on any atom is 0.326 e. The Morgan fingerprint density at radius 3 is 1.79 bits per heavy atom. The fraction of sp³-hybridized carbons (Fsp3) is 0.688. The number of amides is 4. The van der Waals surface area contributed by atoms with Gasteiger partial charge in [-0.25, -0.2) is 4.79 Å². The lowest BCUT2D eigenvalue weighted by atomic mass is 10.0. The SMILES string of the molecule is CC(C)C(NC(=O)C(CC(N)=O)NC(=O)C(NC(=O)C(N)CO)C(C)O)C(=O)O. The molecule has 0 bridgehead atoms. The predicted molar refractivity (Wildman–Crippen MR) is 98.8 cm³/mol. The van der Waals surface area contributed by atoms with Crippen LogP contribution in [0, 0.1) is 5.92 Å². The van der Waals surface area contributed by atoms with Crippen LogP contribution in [-0.4, -0.2) is 81.8 Å². The molecule has 4 amide bonds. The Morgan fingerprint density at radius 2 is 1.41 bits per heavy atom. The standard InChI is InChI=1S/C16H29N5O8/c1-6(2)11(16(28)29)20-14(26)9(4-10(18)24)19-15(27)12(7(3)23)21-13(25)8(17)5-22/h6-9,11-12,22-23H,4-5,17H2,1-3H3,(H2,18,24)(H,19,27)(H,20,26)(H,21,25)(H,28,29). The smallest absolute Gasteiger partial charge is 0.326 e. The summed E-state index contributed by atoms with van der Waals surface area (Å²) in [4.78, 5) is 59.1. The molecule has 13 nitrogen and oxygen atoms in total. The Balaban J connectivity index is 5.43. The van der Waals surface area contributed by atoms with E-state index in [9.17, 15) is 29.1 Å². The molecular formula is C16H29N5O8. The van der Waals surface area contributed by atoms with Gasteiger partial charge in [-0.1, -0.05) is 13.8 Å². The van der Waals surface area contributed by atoms with Crippen LogP contribution in [0.1, 0.15) is 27.2 Å². The van der Waals surface area contributed by atoms with Crippen LogP contribution in [0.25, 0.3) is 0 Å². The molecule has 0 saturated carbocycles. The van der Waals surface area contributed by atoms with Gasteiger partial charge < -0.3 is 42.7 Å². The third-order valence-corrected chi connectivity index (χ3v) is 3.86. The summed E-state index contributed by atoms with van der Waals surface area (Å²) in [6, 6.07) is -5.75. The maximum atomic E-state index is 12.4. The number of hydrogen-bond acceptors (Lipinski definition) is 8. The van der Waals surface area contributed by atoms with Crippen molar-refractivity contribution in [1.82, 2.24) is 16.0 Å². The Kier molecular flexibility index (Phi) is 10.8. The van der Waals surface area contributed by atoms with Gasteiger partial charge in [0.25, 0.3) is 0 Å². The highest BCUT2D eigenvalue weighted by Crippen LogP contribution is 2.04. The zero-order chi connectivity index (χ0) is 22.9. The largest absolute Gasteiger partial charge is 0.480 e. The number of nitrogens with two attached hydrogens (primary N) is 2. The molecule has 0 saturated heterocycles. The number of primary amides is 1. The summed E-state index contributed by atoms with van der Waals surface area (Å²) < 4.78 is 0. The number of aliphatic carboxylic acids is 1. The molecular weight excluding hydrogens is 390 g/mol. The highest BCUT2D eigenvalue weighted by molar-refractivity contribution is 5.96. The lowest BCUT2D eigenvalue weighted by Crippen LogP contribution is -2.60. The van der Waals surface area contributed by atoms with E-state index in [2.05, 4.69) is 16.0 Å². The van der Waals surface area contributed by atoms with E-state index >= 15 is 0 Å². The molecule has 13 heteroatoms. The van der Waals surface area contributed by atoms with Crippen molar-refractivity contribution in [2.45, 2.75) is 57.5 Å². The van der Waals surface area contributed by atoms with Crippen molar-refractivity contribution in [1.29, 1.82) is 0 Å². The minimum absolute atomic E-state index is 0.495. The highest BCUT2D eigenvalue weighted by Gasteiger charge is 2.33. The first-order valence-electron chi connectivity index (χ1n) is 8.78. The first-order valence-corrected chi connectivity index (χ1v) is 8.78. The summed E-state index contributed by atoms with van der Waals surface area (Å²) in [5.41, 5.74) is 10.4. The van der Waals surface area contributed by atoms with Crippen molar-refractivity contribution in [3.63, 3.8) is 0 Å². The average Bonchev–Trinajstić information content (AvgIpc) is 2.60. The van der Waals surface area contributed by atoms with Gasteiger partial charge in [-0.05, 0) is 12.8 Å². The second-order valence-electron chi connectivity index (χ2n) is 6.82. The molecule has 0 aliphatic rings. The lowest BCUT2D eigenvalue weighted by molar-refractivity contribution is -0.143. The van der Waals surface area contributed by atoms with Crippen LogP contribution in [0.2, 0.25) is 0 Å². The molecule has 10 N–H and O–H groups in total. The van der Waals surface area contributed by atoms with Crippen LogP contribution in [0.15, 0.2) is 0 Å². The summed E-state index contributed by atoms with van der Waals surface area (Å²) in [5.74, 6) is -5.73. The molecule has 0 aliphatic heterocycles. The second kappa shape index (κ2) is 11.9. The predicted octanol–water partition coefficient (Wildman–Crippen LogP) is -4.24. The second-order valence-corrected chi connectivity index (χ2v) is 6.82. The van der Waals surface area contributed by atoms with Crippen molar-refractivity contribution in [3.8, 4) is 0 Å². The van der Waals surface area contributed by atoms with Crippen LogP contribution in [0.4, 0.5) is 0 Å². The van der Waals surface area contributed by atoms with Crippen molar-refractivity contribution >= 4 is 29.6 Å². The zero-order valence-electron chi connectivity index (χ0n) is 16.4. The molecule has 0 fully saturated rings. The Morgan fingerprint density at radius 1 is 0.897 bits per heavy atom. The fourth-order valence-electron chi connectivity index (χ4n) is 2.19. The van der Waals surface area contributed by atoms with Gasteiger partial charge in [0.05, 0.1) is 19.1 Å². The first kappa shape index (κ1) is 26.2. The zero-order valence-corrected chi connectivity index (χ0v) is 16.4. The minimum Gasteiger partial charge on any atom is -0.480 e. The number of aliphatic hydroxyl groups is 2. The van der Waals surface area contributed by atoms with Gasteiger partial charge in [-0.15, -0.1) is 0 Å². The van der Waals surface area contributed by atoms with E-state index in [1.807, 2.05) is 0 Å². The Bertz CT molecular complexity index is 624. The normalized spacial score (nSPS) is 16.1. The number of carboxylic acids is 1. The molecule has 0 heterocycles. The van der Waals surface area contributed by atoms with Crippen LogP contribution < -0.4 is 27.4 Å². The lowest BCUT2D eigenvalue weighted by Gasteiger charge is -2.26. The molecule has 0 aliphatic carbocycles. The number of carbonyl (C=O) groups excluding carboxylic acids is 4. The quantitative estimate of drug-likeness (QED) is 0.153. The van der Waals surface area contributed by atoms with Crippen molar-refractivity contribution in [3.05, 3.63) is 0 Å². The molecule has 0 radical (unpaired) electrons. The maximum absolute atomic E-state index is 12.4. The number of aliphatic hydroxyl groups excluding tert-OH is 2. The molecule has 5 unspecified atom stereocenters. The number of rotatable bonds is 12.